The molecule has 0 amide bonds. The Hall–Kier alpha value is -0.0800. The van der Waals surface area contributed by atoms with Gasteiger partial charge < -0.3 is 5.32 Å². The van der Waals surface area contributed by atoms with Gasteiger partial charge in [-0.05, 0) is 37.0 Å². The molecule has 100 valence electrons. The van der Waals surface area contributed by atoms with E-state index in [-0.39, 0.29) is 0 Å². The minimum atomic E-state index is 0.771. The van der Waals surface area contributed by atoms with E-state index in [1.807, 2.05) is 0 Å². The van der Waals surface area contributed by atoms with Crippen LogP contribution in [0.5, 0.6) is 0 Å². The third-order valence-electron chi connectivity index (χ3n) is 4.10. The van der Waals surface area contributed by atoms with E-state index >= 15 is 0 Å². The summed E-state index contributed by atoms with van der Waals surface area (Å²) >= 11 is 0. The van der Waals surface area contributed by atoms with Crippen molar-refractivity contribution in [1.29, 1.82) is 0 Å². The quantitative estimate of drug-likeness (QED) is 0.792. The van der Waals surface area contributed by atoms with Crippen LogP contribution in [-0.2, 0) is 0 Å². The van der Waals surface area contributed by atoms with Crippen molar-refractivity contribution >= 4 is 0 Å². The first kappa shape index (κ1) is 13.4. The normalized spacial score (nSPS) is 31.4. The second-order valence-electron chi connectivity index (χ2n) is 6.98. The number of piperazine rings is 1. The molecule has 0 spiro atoms. The van der Waals surface area contributed by atoms with E-state index in [0.29, 0.717) is 0 Å². The summed E-state index contributed by atoms with van der Waals surface area (Å²) in [6, 6.07) is 1.56. The molecule has 1 aliphatic carbocycles. The van der Waals surface area contributed by atoms with E-state index in [2.05, 4.69) is 37.9 Å². The summed E-state index contributed by atoms with van der Waals surface area (Å²) in [7, 11) is 0. The Kier molecular flexibility index (Phi) is 4.48. The molecule has 0 aromatic heterocycles. The minimum absolute atomic E-state index is 0.771. The summed E-state index contributed by atoms with van der Waals surface area (Å²) < 4.78 is 0. The van der Waals surface area contributed by atoms with E-state index in [1.165, 1.54) is 38.9 Å². The Morgan fingerprint density at radius 3 is 2.35 bits per heavy atom. The molecule has 0 bridgehead atoms. The fourth-order valence-electron chi connectivity index (χ4n) is 3.17. The van der Waals surface area contributed by atoms with Crippen molar-refractivity contribution in [3.05, 3.63) is 0 Å². The van der Waals surface area contributed by atoms with Gasteiger partial charge in [-0.25, -0.2) is 0 Å². The molecule has 17 heavy (non-hydrogen) atoms. The molecule has 1 saturated heterocycles. The van der Waals surface area contributed by atoms with Crippen LogP contribution in [0.4, 0.5) is 0 Å². The standard InChI is InChI=1S/C15H30N2/c1-11(2)7-14-8-16-15(13-5-6-13)10-17(14)9-12(3)4/h11-16H,5-10H2,1-4H3. The van der Waals surface area contributed by atoms with Crippen molar-refractivity contribution in [2.24, 2.45) is 17.8 Å². The summed E-state index contributed by atoms with van der Waals surface area (Å²) in [5.74, 6) is 2.60. The van der Waals surface area contributed by atoms with Crippen molar-refractivity contribution in [2.75, 3.05) is 19.6 Å². The number of hydrogen-bond donors (Lipinski definition) is 1. The lowest BCUT2D eigenvalue weighted by molar-refractivity contribution is 0.0950. The van der Waals surface area contributed by atoms with Crippen molar-refractivity contribution in [2.45, 2.75) is 59.0 Å². The van der Waals surface area contributed by atoms with Gasteiger partial charge in [0.15, 0.2) is 0 Å². The van der Waals surface area contributed by atoms with E-state index < -0.39 is 0 Å². The molecule has 2 aliphatic rings. The van der Waals surface area contributed by atoms with Gasteiger partial charge in [-0.3, -0.25) is 4.90 Å². The van der Waals surface area contributed by atoms with E-state index in [9.17, 15) is 0 Å². The Morgan fingerprint density at radius 2 is 1.82 bits per heavy atom. The monoisotopic (exact) mass is 238 g/mol. The number of nitrogens with one attached hydrogen (secondary N) is 1. The van der Waals surface area contributed by atoms with Crippen LogP contribution in [0.2, 0.25) is 0 Å². The summed E-state index contributed by atoms with van der Waals surface area (Å²) in [6.45, 7) is 13.2. The second-order valence-corrected chi connectivity index (χ2v) is 6.98. The second kappa shape index (κ2) is 5.71. The summed E-state index contributed by atoms with van der Waals surface area (Å²) in [6.07, 6.45) is 4.27. The molecule has 2 atom stereocenters. The van der Waals surface area contributed by atoms with Gasteiger partial charge >= 0.3 is 0 Å². The van der Waals surface area contributed by atoms with Gasteiger partial charge in [-0.1, -0.05) is 27.7 Å². The largest absolute Gasteiger partial charge is 0.311 e. The molecule has 2 unspecified atom stereocenters. The van der Waals surface area contributed by atoms with Crippen molar-refractivity contribution in [1.82, 2.24) is 10.2 Å². The molecule has 0 aromatic rings. The fraction of sp³-hybridized carbons (Fsp3) is 1.00. The molecule has 2 fully saturated rings. The van der Waals surface area contributed by atoms with Gasteiger partial charge in [-0.15, -0.1) is 0 Å². The maximum Gasteiger partial charge on any atom is 0.0224 e. The van der Waals surface area contributed by atoms with Crippen molar-refractivity contribution < 1.29 is 0 Å². The average Bonchev–Trinajstić information content (AvgIpc) is 3.02. The SMILES string of the molecule is CC(C)CC1CNC(C2CC2)CN1CC(C)C. The van der Waals surface area contributed by atoms with Crippen LogP contribution in [0.15, 0.2) is 0 Å². The highest BCUT2D eigenvalue weighted by Crippen LogP contribution is 2.34. The molecule has 1 heterocycles. The highest BCUT2D eigenvalue weighted by Gasteiger charge is 2.37. The number of nitrogens with zero attached hydrogens (tertiary/aromatic N) is 1. The topological polar surface area (TPSA) is 15.3 Å². The highest BCUT2D eigenvalue weighted by molar-refractivity contribution is 4.94. The molecule has 2 rings (SSSR count). The first-order valence-electron chi connectivity index (χ1n) is 7.53. The third kappa shape index (κ3) is 3.96. The van der Waals surface area contributed by atoms with E-state index in [4.69, 9.17) is 0 Å². The Labute approximate surface area is 107 Å². The lowest BCUT2D eigenvalue weighted by Crippen LogP contribution is -2.58. The molecule has 0 aromatic carbocycles. The molecule has 2 heteroatoms. The zero-order chi connectivity index (χ0) is 12.4. The van der Waals surface area contributed by atoms with Gasteiger partial charge in [0, 0.05) is 31.7 Å². The smallest absolute Gasteiger partial charge is 0.0224 e. The molecule has 1 aliphatic heterocycles. The maximum absolute atomic E-state index is 3.80. The first-order chi connectivity index (χ1) is 8.06. The van der Waals surface area contributed by atoms with Gasteiger partial charge in [0.25, 0.3) is 0 Å². The van der Waals surface area contributed by atoms with Crippen LogP contribution in [0.3, 0.4) is 0 Å². The molecule has 1 saturated carbocycles. The average molecular weight is 238 g/mol. The predicted molar refractivity (Wildman–Crippen MR) is 74.2 cm³/mol. The van der Waals surface area contributed by atoms with Gasteiger partial charge in [0.05, 0.1) is 0 Å². The zero-order valence-corrected chi connectivity index (χ0v) is 12.1. The van der Waals surface area contributed by atoms with Crippen LogP contribution >= 0.6 is 0 Å². The molecule has 2 nitrogen and oxygen atoms in total. The Bertz CT molecular complexity index is 233. The van der Waals surface area contributed by atoms with Gasteiger partial charge in [-0.2, -0.15) is 0 Å². The van der Waals surface area contributed by atoms with Crippen LogP contribution in [0.1, 0.15) is 47.0 Å². The van der Waals surface area contributed by atoms with Crippen LogP contribution in [-0.4, -0.2) is 36.6 Å². The molecular formula is C15H30N2. The summed E-state index contributed by atoms with van der Waals surface area (Å²) in [5, 5.41) is 3.80. The summed E-state index contributed by atoms with van der Waals surface area (Å²) in [5.41, 5.74) is 0. The lowest BCUT2D eigenvalue weighted by Gasteiger charge is -2.42. The van der Waals surface area contributed by atoms with Crippen molar-refractivity contribution in [3.8, 4) is 0 Å². The van der Waals surface area contributed by atoms with Gasteiger partial charge in [0.2, 0.25) is 0 Å². The van der Waals surface area contributed by atoms with E-state index in [0.717, 1.165) is 29.8 Å². The Balaban J connectivity index is 1.90. The van der Waals surface area contributed by atoms with Crippen LogP contribution < -0.4 is 5.32 Å². The van der Waals surface area contributed by atoms with E-state index in [1.54, 1.807) is 0 Å². The number of rotatable bonds is 5. The molecular weight excluding hydrogens is 208 g/mol. The van der Waals surface area contributed by atoms with Gasteiger partial charge in [0.1, 0.15) is 0 Å². The Morgan fingerprint density at radius 1 is 1.12 bits per heavy atom. The summed E-state index contributed by atoms with van der Waals surface area (Å²) in [4.78, 5) is 2.77. The molecule has 1 N–H and O–H groups in total. The predicted octanol–water partition coefficient (Wildman–Crippen LogP) is 2.74. The fourth-order valence-corrected chi connectivity index (χ4v) is 3.17. The van der Waals surface area contributed by atoms with Crippen LogP contribution in [0.25, 0.3) is 0 Å². The molecule has 0 radical (unpaired) electrons. The number of hydrogen-bond acceptors (Lipinski definition) is 2. The van der Waals surface area contributed by atoms with Crippen molar-refractivity contribution in [3.63, 3.8) is 0 Å². The first-order valence-corrected chi connectivity index (χ1v) is 7.53. The van der Waals surface area contributed by atoms with Crippen LogP contribution in [0, 0.1) is 17.8 Å². The third-order valence-corrected chi connectivity index (χ3v) is 4.10. The minimum Gasteiger partial charge on any atom is -0.311 e. The highest BCUT2D eigenvalue weighted by atomic mass is 15.2. The maximum atomic E-state index is 3.80. The zero-order valence-electron chi connectivity index (χ0n) is 12.1. The lowest BCUT2D eigenvalue weighted by atomic mass is 9.96.